The van der Waals surface area contributed by atoms with Gasteiger partial charge in [-0.15, -0.1) is 11.3 Å². The summed E-state index contributed by atoms with van der Waals surface area (Å²) in [7, 11) is 0. The van der Waals surface area contributed by atoms with E-state index in [0.29, 0.717) is 12.7 Å². The van der Waals surface area contributed by atoms with E-state index in [1.807, 2.05) is 11.3 Å². The largest absolute Gasteiger partial charge is 0.373 e. The molecule has 2 nitrogen and oxygen atoms in total. The standard InChI is InChI=1S/C18H22FNOS/c19-16-5-3-15(4-6-16)14-21-17-7-10-20(11-8-17)12-9-18-2-1-13-22-18/h1-6,13,17H,7-12,14H2. The SMILES string of the molecule is Fc1ccc(COC2CCN(CCc3cccs3)CC2)cc1. The van der Waals surface area contributed by atoms with Crippen molar-refractivity contribution in [3.05, 3.63) is 58.0 Å². The van der Waals surface area contributed by atoms with Gasteiger partial charge in [0.25, 0.3) is 0 Å². The van der Waals surface area contributed by atoms with Gasteiger partial charge in [-0.25, -0.2) is 4.39 Å². The van der Waals surface area contributed by atoms with Crippen LogP contribution in [-0.4, -0.2) is 30.6 Å². The predicted molar refractivity (Wildman–Crippen MR) is 88.7 cm³/mol. The molecular formula is C18H22FNOS. The van der Waals surface area contributed by atoms with Gasteiger partial charge in [0.15, 0.2) is 0 Å². The topological polar surface area (TPSA) is 12.5 Å². The molecular weight excluding hydrogens is 297 g/mol. The van der Waals surface area contributed by atoms with Gasteiger partial charge in [-0.05, 0) is 48.4 Å². The zero-order valence-corrected chi connectivity index (χ0v) is 13.5. The molecule has 0 unspecified atom stereocenters. The van der Waals surface area contributed by atoms with Crippen molar-refractivity contribution in [2.24, 2.45) is 0 Å². The Hall–Kier alpha value is -1.23. The van der Waals surface area contributed by atoms with Crippen molar-refractivity contribution in [1.82, 2.24) is 4.90 Å². The van der Waals surface area contributed by atoms with Gasteiger partial charge in [0.1, 0.15) is 5.82 Å². The van der Waals surface area contributed by atoms with Crippen LogP contribution in [0.4, 0.5) is 4.39 Å². The summed E-state index contributed by atoms with van der Waals surface area (Å²) in [6.07, 6.45) is 3.67. The average Bonchev–Trinajstić information content (AvgIpc) is 3.07. The molecule has 0 amide bonds. The molecule has 118 valence electrons. The van der Waals surface area contributed by atoms with Crippen molar-refractivity contribution in [1.29, 1.82) is 0 Å². The molecule has 2 aromatic rings. The van der Waals surface area contributed by atoms with Gasteiger partial charge in [0.2, 0.25) is 0 Å². The van der Waals surface area contributed by atoms with Crippen molar-refractivity contribution < 1.29 is 9.13 Å². The van der Waals surface area contributed by atoms with E-state index in [0.717, 1.165) is 44.5 Å². The molecule has 1 aromatic carbocycles. The molecule has 1 aliphatic rings. The van der Waals surface area contributed by atoms with Crippen LogP contribution < -0.4 is 0 Å². The maximum atomic E-state index is 12.9. The number of ether oxygens (including phenoxy) is 1. The highest BCUT2D eigenvalue weighted by Gasteiger charge is 2.19. The van der Waals surface area contributed by atoms with Crippen molar-refractivity contribution >= 4 is 11.3 Å². The monoisotopic (exact) mass is 319 g/mol. The van der Waals surface area contributed by atoms with Crippen LogP contribution in [0.1, 0.15) is 23.3 Å². The van der Waals surface area contributed by atoms with Crippen LogP contribution in [-0.2, 0) is 17.8 Å². The first-order chi connectivity index (χ1) is 10.8. The number of hydrogen-bond acceptors (Lipinski definition) is 3. The maximum absolute atomic E-state index is 12.9. The zero-order chi connectivity index (χ0) is 15.2. The second kappa shape index (κ2) is 7.86. The van der Waals surface area contributed by atoms with Gasteiger partial charge in [-0.3, -0.25) is 0 Å². The number of piperidine rings is 1. The van der Waals surface area contributed by atoms with Gasteiger partial charge in [-0.2, -0.15) is 0 Å². The van der Waals surface area contributed by atoms with Gasteiger partial charge in [0, 0.05) is 24.5 Å². The van der Waals surface area contributed by atoms with E-state index in [2.05, 4.69) is 22.4 Å². The number of halogens is 1. The second-order valence-corrected chi connectivity index (χ2v) is 6.84. The van der Waals surface area contributed by atoms with Crippen molar-refractivity contribution in [2.75, 3.05) is 19.6 Å². The van der Waals surface area contributed by atoms with Crippen LogP contribution in [0.3, 0.4) is 0 Å². The van der Waals surface area contributed by atoms with Crippen LogP contribution in [0.25, 0.3) is 0 Å². The van der Waals surface area contributed by atoms with Crippen LogP contribution in [0.5, 0.6) is 0 Å². The average molecular weight is 319 g/mol. The molecule has 0 atom stereocenters. The minimum atomic E-state index is -0.192. The van der Waals surface area contributed by atoms with Crippen LogP contribution >= 0.6 is 11.3 Å². The van der Waals surface area contributed by atoms with E-state index in [4.69, 9.17) is 4.74 Å². The quantitative estimate of drug-likeness (QED) is 0.794. The molecule has 4 heteroatoms. The Morgan fingerprint density at radius 3 is 2.59 bits per heavy atom. The van der Waals surface area contributed by atoms with Crippen LogP contribution in [0.2, 0.25) is 0 Å². The molecule has 3 rings (SSSR count). The molecule has 0 radical (unpaired) electrons. The number of benzene rings is 1. The Morgan fingerprint density at radius 1 is 1.14 bits per heavy atom. The summed E-state index contributed by atoms with van der Waals surface area (Å²) >= 11 is 1.84. The number of thiophene rings is 1. The fraction of sp³-hybridized carbons (Fsp3) is 0.444. The Labute approximate surface area is 135 Å². The van der Waals surface area contributed by atoms with Gasteiger partial charge in [0.05, 0.1) is 12.7 Å². The highest BCUT2D eigenvalue weighted by molar-refractivity contribution is 7.09. The Morgan fingerprint density at radius 2 is 1.91 bits per heavy atom. The van der Waals surface area contributed by atoms with Crippen LogP contribution in [0.15, 0.2) is 41.8 Å². The van der Waals surface area contributed by atoms with E-state index in [-0.39, 0.29) is 5.82 Å². The third kappa shape index (κ3) is 4.63. The molecule has 0 N–H and O–H groups in total. The van der Waals surface area contributed by atoms with Crippen LogP contribution in [0, 0.1) is 5.82 Å². The fourth-order valence-corrected chi connectivity index (χ4v) is 3.52. The molecule has 0 aliphatic carbocycles. The highest BCUT2D eigenvalue weighted by Crippen LogP contribution is 2.17. The van der Waals surface area contributed by atoms with Crippen molar-refractivity contribution in [2.45, 2.75) is 32.0 Å². The molecule has 1 fully saturated rings. The molecule has 1 aliphatic heterocycles. The third-order valence-corrected chi connectivity index (χ3v) is 5.12. The van der Waals surface area contributed by atoms with Gasteiger partial charge >= 0.3 is 0 Å². The lowest BCUT2D eigenvalue weighted by Gasteiger charge is -2.31. The summed E-state index contributed by atoms with van der Waals surface area (Å²) in [5.74, 6) is -0.192. The number of nitrogens with zero attached hydrogens (tertiary/aromatic N) is 1. The second-order valence-electron chi connectivity index (χ2n) is 5.81. The Bertz CT molecular complexity index is 547. The smallest absolute Gasteiger partial charge is 0.123 e. The predicted octanol–water partition coefficient (Wildman–Crippen LogP) is 4.11. The third-order valence-electron chi connectivity index (χ3n) is 4.19. The first-order valence-corrected chi connectivity index (χ1v) is 8.78. The molecule has 0 saturated carbocycles. The Kier molecular flexibility index (Phi) is 5.59. The van der Waals surface area contributed by atoms with Crippen molar-refractivity contribution in [3.63, 3.8) is 0 Å². The van der Waals surface area contributed by atoms with E-state index in [1.165, 1.54) is 17.0 Å². The molecule has 1 aromatic heterocycles. The number of likely N-dealkylation sites (tertiary alicyclic amines) is 1. The highest BCUT2D eigenvalue weighted by atomic mass is 32.1. The van der Waals surface area contributed by atoms with E-state index >= 15 is 0 Å². The minimum Gasteiger partial charge on any atom is -0.373 e. The van der Waals surface area contributed by atoms with E-state index in [1.54, 1.807) is 12.1 Å². The van der Waals surface area contributed by atoms with Gasteiger partial charge < -0.3 is 9.64 Å². The number of hydrogen-bond donors (Lipinski definition) is 0. The normalized spacial score (nSPS) is 17.0. The summed E-state index contributed by atoms with van der Waals surface area (Å²) in [5, 5.41) is 2.14. The fourth-order valence-electron chi connectivity index (χ4n) is 2.82. The molecule has 2 heterocycles. The Balaban J connectivity index is 1.35. The summed E-state index contributed by atoms with van der Waals surface area (Å²) in [6.45, 7) is 3.95. The lowest BCUT2D eigenvalue weighted by molar-refractivity contribution is -0.00217. The molecule has 0 spiro atoms. The van der Waals surface area contributed by atoms with E-state index in [9.17, 15) is 4.39 Å². The first-order valence-electron chi connectivity index (χ1n) is 7.90. The summed E-state index contributed by atoms with van der Waals surface area (Å²) in [6, 6.07) is 10.9. The molecule has 22 heavy (non-hydrogen) atoms. The zero-order valence-electron chi connectivity index (χ0n) is 12.7. The summed E-state index contributed by atoms with van der Waals surface area (Å²) in [5.41, 5.74) is 1.04. The maximum Gasteiger partial charge on any atom is 0.123 e. The summed E-state index contributed by atoms with van der Waals surface area (Å²) in [4.78, 5) is 3.99. The van der Waals surface area contributed by atoms with E-state index < -0.39 is 0 Å². The molecule has 1 saturated heterocycles. The first kappa shape index (κ1) is 15.7. The lowest BCUT2D eigenvalue weighted by Crippen LogP contribution is -2.38. The minimum absolute atomic E-state index is 0.192. The van der Waals surface area contributed by atoms with Crippen molar-refractivity contribution in [3.8, 4) is 0 Å². The molecule has 0 bridgehead atoms. The lowest BCUT2D eigenvalue weighted by atomic mass is 10.1. The van der Waals surface area contributed by atoms with Gasteiger partial charge in [-0.1, -0.05) is 18.2 Å². The summed E-state index contributed by atoms with van der Waals surface area (Å²) < 4.78 is 18.8. The number of rotatable bonds is 6.